The van der Waals surface area contributed by atoms with Gasteiger partial charge in [-0.15, -0.1) is 0 Å². The van der Waals surface area contributed by atoms with Crippen LogP contribution in [0, 0.1) is 0 Å². The van der Waals surface area contributed by atoms with E-state index in [1.54, 1.807) is 11.8 Å². The van der Waals surface area contributed by atoms with Gasteiger partial charge in [-0.25, -0.2) is 4.99 Å². The molecule has 1 saturated heterocycles. The molecule has 0 aliphatic carbocycles. The minimum absolute atomic E-state index is 0.0512. The summed E-state index contributed by atoms with van der Waals surface area (Å²) in [4.78, 5) is 24.3. The van der Waals surface area contributed by atoms with E-state index in [2.05, 4.69) is 48.2 Å². The fourth-order valence-electron chi connectivity index (χ4n) is 3.90. The maximum absolute atomic E-state index is 13.5. The van der Waals surface area contributed by atoms with Gasteiger partial charge in [0.25, 0.3) is 5.91 Å². The zero-order valence-electron chi connectivity index (χ0n) is 18.7. The fourth-order valence-corrected chi connectivity index (χ4v) is 6.27. The van der Waals surface area contributed by atoms with Gasteiger partial charge in [-0.2, -0.15) is 0 Å². The molecule has 2 aliphatic heterocycles. The van der Waals surface area contributed by atoms with Crippen LogP contribution >= 0.6 is 23.5 Å². The maximum atomic E-state index is 13.5. The van der Waals surface area contributed by atoms with Crippen LogP contribution in [0.2, 0.25) is 0 Å². The van der Waals surface area contributed by atoms with Crippen molar-refractivity contribution in [2.24, 2.45) is 4.99 Å². The molecule has 1 fully saturated rings. The van der Waals surface area contributed by atoms with Crippen molar-refractivity contribution in [1.29, 1.82) is 0 Å². The molecule has 33 heavy (non-hydrogen) atoms. The standard InChI is InChI=1S/C27H25N3OS2/c1-3-4-18-30-25(31)24(26-29(2)22-12-8-9-13-23(22)32-26)33-27(30)28-21-16-14-20(15-17-21)19-10-6-5-7-11-19/h5-17H,3-4,18H2,1-2H3. The van der Waals surface area contributed by atoms with E-state index >= 15 is 0 Å². The number of hydrogen-bond acceptors (Lipinski definition) is 5. The normalized spacial score (nSPS) is 19.0. The molecule has 0 spiro atoms. The Kier molecular flexibility index (Phi) is 6.29. The summed E-state index contributed by atoms with van der Waals surface area (Å²) >= 11 is 3.15. The van der Waals surface area contributed by atoms with Gasteiger partial charge in [-0.05, 0) is 53.6 Å². The monoisotopic (exact) mass is 471 g/mol. The fraction of sp³-hybridized carbons (Fsp3) is 0.185. The van der Waals surface area contributed by atoms with E-state index in [1.807, 2.05) is 54.4 Å². The molecule has 0 radical (unpaired) electrons. The van der Waals surface area contributed by atoms with Crippen molar-refractivity contribution >= 4 is 46.0 Å². The molecule has 6 heteroatoms. The summed E-state index contributed by atoms with van der Waals surface area (Å²) < 4.78 is 0. The Balaban J connectivity index is 1.46. The van der Waals surface area contributed by atoms with Crippen LogP contribution in [0.3, 0.4) is 0 Å². The second kappa shape index (κ2) is 9.49. The number of carbonyl (C=O) groups is 1. The third kappa shape index (κ3) is 4.33. The van der Waals surface area contributed by atoms with Gasteiger partial charge in [-0.3, -0.25) is 9.69 Å². The number of nitrogens with zero attached hydrogens (tertiary/aromatic N) is 3. The van der Waals surface area contributed by atoms with E-state index < -0.39 is 0 Å². The van der Waals surface area contributed by atoms with Gasteiger partial charge >= 0.3 is 0 Å². The summed E-state index contributed by atoms with van der Waals surface area (Å²) in [6, 6.07) is 26.8. The van der Waals surface area contributed by atoms with Crippen LogP contribution < -0.4 is 4.90 Å². The minimum atomic E-state index is 0.0512. The van der Waals surface area contributed by atoms with Gasteiger partial charge in [0.15, 0.2) is 5.17 Å². The molecular weight excluding hydrogens is 446 g/mol. The molecule has 1 amide bonds. The molecule has 5 rings (SSSR count). The van der Waals surface area contributed by atoms with Gasteiger partial charge in [0, 0.05) is 18.5 Å². The van der Waals surface area contributed by atoms with Crippen LogP contribution in [-0.2, 0) is 4.79 Å². The van der Waals surface area contributed by atoms with Crippen molar-refractivity contribution in [3.05, 3.63) is 88.8 Å². The first-order valence-electron chi connectivity index (χ1n) is 11.1. The molecule has 2 heterocycles. The summed E-state index contributed by atoms with van der Waals surface area (Å²) in [7, 11) is 2.03. The largest absolute Gasteiger partial charge is 0.337 e. The van der Waals surface area contributed by atoms with Gasteiger partial charge in [0.1, 0.15) is 4.91 Å². The van der Waals surface area contributed by atoms with E-state index in [0.29, 0.717) is 6.54 Å². The van der Waals surface area contributed by atoms with E-state index in [1.165, 1.54) is 22.2 Å². The van der Waals surface area contributed by atoms with Crippen LogP contribution in [0.25, 0.3) is 11.1 Å². The predicted octanol–water partition coefficient (Wildman–Crippen LogP) is 7.13. The van der Waals surface area contributed by atoms with Crippen LogP contribution in [0.4, 0.5) is 11.4 Å². The third-order valence-electron chi connectivity index (χ3n) is 5.73. The lowest BCUT2D eigenvalue weighted by atomic mass is 10.1. The Morgan fingerprint density at radius 3 is 2.27 bits per heavy atom. The van der Waals surface area contributed by atoms with E-state index in [0.717, 1.165) is 44.9 Å². The summed E-state index contributed by atoms with van der Waals surface area (Å²) in [5.41, 5.74) is 4.33. The minimum Gasteiger partial charge on any atom is -0.337 e. The van der Waals surface area contributed by atoms with Gasteiger partial charge < -0.3 is 4.90 Å². The van der Waals surface area contributed by atoms with E-state index in [9.17, 15) is 4.79 Å². The van der Waals surface area contributed by atoms with Crippen LogP contribution in [-0.4, -0.2) is 29.6 Å². The lowest BCUT2D eigenvalue weighted by molar-refractivity contribution is -0.122. The highest BCUT2D eigenvalue weighted by Crippen LogP contribution is 2.50. The number of para-hydroxylation sites is 1. The average molecular weight is 472 g/mol. The Labute approximate surface area is 203 Å². The predicted molar refractivity (Wildman–Crippen MR) is 141 cm³/mol. The number of amidine groups is 1. The third-order valence-corrected chi connectivity index (χ3v) is 8.16. The summed E-state index contributed by atoms with van der Waals surface area (Å²) in [6.07, 6.45) is 1.98. The number of hydrogen-bond donors (Lipinski definition) is 0. The Hall–Kier alpha value is -2.96. The first-order valence-corrected chi connectivity index (χ1v) is 12.8. The second-order valence-electron chi connectivity index (χ2n) is 7.98. The Bertz CT molecular complexity index is 1240. The van der Waals surface area contributed by atoms with Crippen molar-refractivity contribution in [3.63, 3.8) is 0 Å². The summed E-state index contributed by atoms with van der Waals surface area (Å²) in [5, 5.41) is 1.74. The molecule has 3 aromatic rings. The Morgan fingerprint density at radius 2 is 1.55 bits per heavy atom. The van der Waals surface area contributed by atoms with Gasteiger partial charge in [-0.1, -0.05) is 79.7 Å². The lowest BCUT2D eigenvalue weighted by Gasteiger charge is -2.16. The SMILES string of the molecule is CCCCN1C(=O)C(=C2Sc3ccccc3N2C)SC1=Nc1ccc(-c2ccccc2)cc1. The second-order valence-corrected chi connectivity index (χ2v) is 9.99. The molecule has 0 bridgehead atoms. The smallest absolute Gasteiger partial charge is 0.269 e. The number of fused-ring (bicyclic) bond motifs is 1. The topological polar surface area (TPSA) is 35.9 Å². The van der Waals surface area contributed by atoms with Crippen LogP contribution in [0.1, 0.15) is 19.8 Å². The maximum Gasteiger partial charge on any atom is 0.269 e. The average Bonchev–Trinajstić information content (AvgIpc) is 3.35. The van der Waals surface area contributed by atoms with Crippen molar-refractivity contribution in [1.82, 2.24) is 4.90 Å². The van der Waals surface area contributed by atoms with E-state index in [4.69, 9.17) is 4.99 Å². The number of unbranched alkanes of at least 4 members (excludes halogenated alkanes) is 1. The van der Waals surface area contributed by atoms with Crippen LogP contribution in [0.5, 0.6) is 0 Å². The highest BCUT2D eigenvalue weighted by atomic mass is 32.2. The van der Waals surface area contributed by atoms with Crippen molar-refractivity contribution in [3.8, 4) is 11.1 Å². The zero-order chi connectivity index (χ0) is 22.8. The number of thioether (sulfide) groups is 2. The number of benzene rings is 3. The quantitative estimate of drug-likeness (QED) is 0.371. The van der Waals surface area contributed by atoms with Gasteiger partial charge in [0.05, 0.1) is 16.4 Å². The zero-order valence-corrected chi connectivity index (χ0v) is 20.3. The van der Waals surface area contributed by atoms with Crippen molar-refractivity contribution in [2.75, 3.05) is 18.5 Å². The van der Waals surface area contributed by atoms with Crippen LogP contribution in [0.15, 0.2) is 98.7 Å². The molecule has 4 nitrogen and oxygen atoms in total. The first kappa shape index (κ1) is 21.9. The summed E-state index contributed by atoms with van der Waals surface area (Å²) in [5.74, 6) is 0.0512. The number of aliphatic imine (C=N–C) groups is 1. The molecular formula is C27H25N3OS2. The molecule has 0 saturated carbocycles. The van der Waals surface area contributed by atoms with Crippen molar-refractivity contribution < 1.29 is 4.79 Å². The number of rotatable bonds is 5. The molecule has 3 aromatic carbocycles. The lowest BCUT2D eigenvalue weighted by Crippen LogP contribution is -2.30. The number of anilines is 1. The van der Waals surface area contributed by atoms with E-state index in [-0.39, 0.29) is 5.91 Å². The van der Waals surface area contributed by atoms with Crippen molar-refractivity contribution in [2.45, 2.75) is 24.7 Å². The summed E-state index contributed by atoms with van der Waals surface area (Å²) in [6.45, 7) is 2.82. The highest BCUT2D eigenvalue weighted by Gasteiger charge is 2.38. The Morgan fingerprint density at radius 1 is 0.848 bits per heavy atom. The van der Waals surface area contributed by atoms with Gasteiger partial charge in [0.2, 0.25) is 0 Å². The molecule has 0 N–H and O–H groups in total. The first-order chi connectivity index (χ1) is 16.2. The molecule has 0 unspecified atom stereocenters. The molecule has 2 aliphatic rings. The number of amides is 1. The molecule has 0 aromatic heterocycles. The number of carbonyl (C=O) groups excluding carboxylic acids is 1. The molecule has 0 atom stereocenters. The highest BCUT2D eigenvalue weighted by molar-refractivity contribution is 8.19. The molecule has 166 valence electrons.